The summed E-state index contributed by atoms with van der Waals surface area (Å²) in [5.74, 6) is 0.726. The molecule has 0 unspecified atom stereocenters. The zero-order valence-corrected chi connectivity index (χ0v) is 14.9. The van der Waals surface area contributed by atoms with Gasteiger partial charge in [0.05, 0.1) is 19.4 Å². The fraction of sp³-hybridized carbons (Fsp3) is 0.474. The summed E-state index contributed by atoms with van der Waals surface area (Å²) in [6, 6.07) is 7.45. The predicted molar refractivity (Wildman–Crippen MR) is 95.2 cm³/mol. The van der Waals surface area contributed by atoms with Crippen molar-refractivity contribution >= 4 is 5.91 Å². The first-order chi connectivity index (χ1) is 12.6. The van der Waals surface area contributed by atoms with Gasteiger partial charge in [-0.2, -0.15) is 0 Å². The molecule has 7 heteroatoms. The highest BCUT2D eigenvalue weighted by molar-refractivity contribution is 5.82. The molecule has 1 N–H and O–H groups in total. The lowest BCUT2D eigenvalue weighted by atomic mass is 9.90. The van der Waals surface area contributed by atoms with E-state index in [0.29, 0.717) is 13.2 Å². The minimum atomic E-state index is -0.261. The summed E-state index contributed by atoms with van der Waals surface area (Å²) >= 11 is 0. The number of likely N-dealkylation sites (N-methyl/N-ethyl adjacent to an activating group) is 1. The molecule has 1 atom stereocenters. The van der Waals surface area contributed by atoms with Crippen molar-refractivity contribution in [3.05, 3.63) is 54.2 Å². The highest BCUT2D eigenvalue weighted by Crippen LogP contribution is 2.31. The van der Waals surface area contributed by atoms with Crippen molar-refractivity contribution in [3.63, 3.8) is 0 Å². The highest BCUT2D eigenvalue weighted by atomic mass is 16.5. The van der Waals surface area contributed by atoms with Crippen molar-refractivity contribution in [2.24, 2.45) is 0 Å². The van der Waals surface area contributed by atoms with Crippen molar-refractivity contribution in [2.45, 2.75) is 24.7 Å². The Labute approximate surface area is 152 Å². The number of pyridine rings is 1. The second-order valence-electron chi connectivity index (χ2n) is 7.23. The number of carbonyl (C=O) groups excluding carboxylic acids is 1. The molecular formula is C19H24N4O3. The lowest BCUT2D eigenvalue weighted by Gasteiger charge is -2.55. The van der Waals surface area contributed by atoms with Gasteiger partial charge in [0.2, 0.25) is 5.91 Å². The molecule has 0 aliphatic carbocycles. The maximum absolute atomic E-state index is 12.4. The third-order valence-electron chi connectivity index (χ3n) is 5.09. The monoisotopic (exact) mass is 356 g/mol. The first-order valence-corrected chi connectivity index (χ1v) is 8.89. The van der Waals surface area contributed by atoms with Gasteiger partial charge in [0.15, 0.2) is 0 Å². The minimum Gasteiger partial charge on any atom is -0.467 e. The summed E-state index contributed by atoms with van der Waals surface area (Å²) in [6.45, 7) is 4.23. The molecule has 2 aliphatic heterocycles. The van der Waals surface area contributed by atoms with E-state index >= 15 is 0 Å². The zero-order chi connectivity index (χ0) is 18.0. The van der Waals surface area contributed by atoms with E-state index in [4.69, 9.17) is 9.15 Å². The van der Waals surface area contributed by atoms with Gasteiger partial charge in [0.1, 0.15) is 17.4 Å². The zero-order valence-electron chi connectivity index (χ0n) is 14.9. The molecule has 2 aromatic heterocycles. The third kappa shape index (κ3) is 3.65. The maximum Gasteiger partial charge on any atom is 0.240 e. The molecule has 138 valence electrons. The van der Waals surface area contributed by atoms with Crippen LogP contribution in [0.15, 0.2) is 47.3 Å². The largest absolute Gasteiger partial charge is 0.467 e. The van der Waals surface area contributed by atoms with Gasteiger partial charge in [-0.05, 0) is 30.8 Å². The minimum absolute atomic E-state index is 0.0229. The molecule has 1 spiro atoms. The average Bonchev–Trinajstić information content (AvgIpc) is 3.13. The van der Waals surface area contributed by atoms with Gasteiger partial charge in [0.25, 0.3) is 0 Å². The van der Waals surface area contributed by atoms with E-state index < -0.39 is 0 Å². The number of morpholine rings is 1. The summed E-state index contributed by atoms with van der Waals surface area (Å²) in [4.78, 5) is 21.0. The number of likely N-dealkylation sites (tertiary alicyclic amines) is 1. The molecule has 0 saturated carbocycles. The topological polar surface area (TPSA) is 70.8 Å². The van der Waals surface area contributed by atoms with Gasteiger partial charge in [0, 0.05) is 38.6 Å². The SMILES string of the molecule is CN1CC2(CN(Cc3cccnc3)C2)OC[C@@H]1C(=O)NCc1ccco1. The maximum atomic E-state index is 12.4. The molecule has 7 nitrogen and oxygen atoms in total. The Morgan fingerprint density at radius 2 is 2.23 bits per heavy atom. The van der Waals surface area contributed by atoms with E-state index in [1.54, 1.807) is 12.5 Å². The van der Waals surface area contributed by atoms with Crippen molar-refractivity contribution in [1.29, 1.82) is 0 Å². The molecule has 2 fully saturated rings. The second-order valence-corrected chi connectivity index (χ2v) is 7.23. The Bertz CT molecular complexity index is 729. The molecule has 0 radical (unpaired) electrons. The summed E-state index contributed by atoms with van der Waals surface area (Å²) in [7, 11) is 1.99. The molecular weight excluding hydrogens is 332 g/mol. The quantitative estimate of drug-likeness (QED) is 0.858. The number of nitrogens with zero attached hydrogens (tertiary/aromatic N) is 3. The summed E-state index contributed by atoms with van der Waals surface area (Å²) in [6.07, 6.45) is 5.30. The van der Waals surface area contributed by atoms with Crippen LogP contribution in [-0.2, 0) is 22.6 Å². The molecule has 0 aromatic carbocycles. The van der Waals surface area contributed by atoms with Gasteiger partial charge in [-0.15, -0.1) is 0 Å². The number of carbonyl (C=O) groups is 1. The lowest BCUT2D eigenvalue weighted by Crippen LogP contribution is -2.72. The number of hydrogen-bond donors (Lipinski definition) is 1. The van der Waals surface area contributed by atoms with E-state index in [2.05, 4.69) is 26.2 Å². The molecule has 2 saturated heterocycles. The fourth-order valence-corrected chi connectivity index (χ4v) is 3.80. The van der Waals surface area contributed by atoms with Crippen LogP contribution in [0.2, 0.25) is 0 Å². The third-order valence-corrected chi connectivity index (χ3v) is 5.09. The second kappa shape index (κ2) is 7.19. The average molecular weight is 356 g/mol. The van der Waals surface area contributed by atoms with E-state index in [1.807, 2.05) is 31.4 Å². The van der Waals surface area contributed by atoms with Crippen LogP contribution < -0.4 is 5.32 Å². The van der Waals surface area contributed by atoms with Crippen LogP contribution in [0.5, 0.6) is 0 Å². The van der Waals surface area contributed by atoms with E-state index in [9.17, 15) is 4.79 Å². The molecule has 26 heavy (non-hydrogen) atoms. The van der Waals surface area contributed by atoms with Gasteiger partial charge in [-0.1, -0.05) is 6.07 Å². The van der Waals surface area contributed by atoms with Crippen LogP contribution >= 0.6 is 0 Å². The lowest BCUT2D eigenvalue weighted by molar-refractivity contribution is -0.198. The van der Waals surface area contributed by atoms with Crippen LogP contribution in [-0.4, -0.2) is 65.6 Å². The summed E-state index contributed by atoms with van der Waals surface area (Å²) in [5, 5.41) is 2.92. The molecule has 4 heterocycles. The van der Waals surface area contributed by atoms with Gasteiger partial charge < -0.3 is 14.5 Å². The summed E-state index contributed by atoms with van der Waals surface area (Å²) < 4.78 is 11.4. The first kappa shape index (κ1) is 17.2. The van der Waals surface area contributed by atoms with Crippen molar-refractivity contribution in [1.82, 2.24) is 20.1 Å². The van der Waals surface area contributed by atoms with Gasteiger partial charge >= 0.3 is 0 Å². The smallest absolute Gasteiger partial charge is 0.240 e. The molecule has 0 bridgehead atoms. The van der Waals surface area contributed by atoms with Crippen LogP contribution in [0.25, 0.3) is 0 Å². The number of nitrogens with one attached hydrogen (secondary N) is 1. The van der Waals surface area contributed by atoms with E-state index in [0.717, 1.165) is 31.9 Å². The molecule has 4 rings (SSSR count). The number of aromatic nitrogens is 1. The Hall–Kier alpha value is -2.22. The van der Waals surface area contributed by atoms with Crippen molar-refractivity contribution in [3.8, 4) is 0 Å². The van der Waals surface area contributed by atoms with Crippen LogP contribution in [0.3, 0.4) is 0 Å². The Balaban J connectivity index is 1.25. The van der Waals surface area contributed by atoms with Gasteiger partial charge in [-0.25, -0.2) is 0 Å². The number of rotatable bonds is 5. The van der Waals surface area contributed by atoms with E-state index in [-0.39, 0.29) is 17.6 Å². The van der Waals surface area contributed by atoms with Crippen LogP contribution in [0.1, 0.15) is 11.3 Å². The van der Waals surface area contributed by atoms with E-state index in [1.165, 1.54) is 5.56 Å². The van der Waals surface area contributed by atoms with Crippen molar-refractivity contribution < 1.29 is 13.9 Å². The first-order valence-electron chi connectivity index (χ1n) is 8.89. The van der Waals surface area contributed by atoms with Crippen LogP contribution in [0.4, 0.5) is 0 Å². The Morgan fingerprint density at radius 3 is 2.92 bits per heavy atom. The predicted octanol–water partition coefficient (Wildman–Crippen LogP) is 0.876. The fourth-order valence-electron chi connectivity index (χ4n) is 3.80. The molecule has 1 amide bonds. The number of amides is 1. The van der Waals surface area contributed by atoms with Gasteiger partial charge in [-0.3, -0.25) is 19.6 Å². The van der Waals surface area contributed by atoms with Crippen LogP contribution in [0, 0.1) is 0 Å². The van der Waals surface area contributed by atoms with Crippen molar-refractivity contribution in [2.75, 3.05) is 33.3 Å². The molecule has 2 aliphatic rings. The number of hydrogen-bond acceptors (Lipinski definition) is 6. The standard InChI is InChI=1S/C19H24N4O3/c1-22-12-19(13-23(14-19)10-15-4-2-6-20-8-15)26-11-17(22)18(24)21-9-16-5-3-7-25-16/h2-8,17H,9-14H2,1H3,(H,21,24)/t17-/m1/s1. The number of furan rings is 1. The summed E-state index contributed by atoms with van der Waals surface area (Å²) in [5.41, 5.74) is 1.05. The molecule has 2 aromatic rings. The normalized spacial score (nSPS) is 22.9. The number of ether oxygens (including phenoxy) is 1. The Kier molecular flexibility index (Phi) is 4.76. The Morgan fingerprint density at radius 1 is 1.35 bits per heavy atom. The highest BCUT2D eigenvalue weighted by Gasteiger charge is 2.49.